The number of benzene rings is 1. The molecule has 2 heterocycles. The second-order valence-electron chi connectivity index (χ2n) is 10.4. The van der Waals surface area contributed by atoms with Gasteiger partial charge in [0.2, 0.25) is 11.8 Å². The third-order valence-corrected chi connectivity index (χ3v) is 9.26. The molecule has 0 aromatic heterocycles. The number of halogens is 1. The van der Waals surface area contributed by atoms with Crippen molar-refractivity contribution in [2.45, 2.75) is 56.6 Å². The molecule has 1 aliphatic carbocycles. The average molecular weight is 525 g/mol. The van der Waals surface area contributed by atoms with Crippen LogP contribution in [0.3, 0.4) is 0 Å². The van der Waals surface area contributed by atoms with Crippen molar-refractivity contribution in [2.24, 2.45) is 11.8 Å². The van der Waals surface area contributed by atoms with Crippen LogP contribution in [0, 0.1) is 17.7 Å². The molecule has 2 saturated heterocycles. The number of carbonyl (C=O) groups is 2. The number of nitrogens with one attached hydrogen (secondary N) is 2. The largest absolute Gasteiger partial charge is 0.378 e. The number of likely N-dealkylation sites (tertiary alicyclic amines) is 1. The molecule has 2 aliphatic heterocycles. The molecule has 11 heteroatoms. The Labute approximate surface area is 212 Å². The van der Waals surface area contributed by atoms with Crippen LogP contribution in [-0.4, -0.2) is 81.9 Å². The van der Waals surface area contributed by atoms with Crippen LogP contribution in [0.25, 0.3) is 0 Å². The molecule has 3 aliphatic rings. The first kappa shape index (κ1) is 27.0. The molecule has 2 N–H and O–H groups in total. The monoisotopic (exact) mass is 524 g/mol. The van der Waals surface area contributed by atoms with E-state index < -0.39 is 10.2 Å². The minimum absolute atomic E-state index is 0.0450. The van der Waals surface area contributed by atoms with Gasteiger partial charge in [-0.25, -0.2) is 4.39 Å². The topological polar surface area (TPSA) is 108 Å². The fourth-order valence-electron chi connectivity index (χ4n) is 5.47. The summed E-state index contributed by atoms with van der Waals surface area (Å²) in [6.45, 7) is 1.49. The summed E-state index contributed by atoms with van der Waals surface area (Å²) in [4.78, 5) is 26.3. The summed E-state index contributed by atoms with van der Waals surface area (Å²) in [7, 11) is -0.677. The van der Waals surface area contributed by atoms with Crippen molar-refractivity contribution in [1.82, 2.24) is 19.2 Å². The molecule has 0 spiro atoms. The zero-order chi connectivity index (χ0) is 25.9. The van der Waals surface area contributed by atoms with Crippen LogP contribution < -0.4 is 10.0 Å². The van der Waals surface area contributed by atoms with Crippen molar-refractivity contribution in [1.29, 1.82) is 0 Å². The molecule has 1 aromatic rings. The maximum atomic E-state index is 13.6. The van der Waals surface area contributed by atoms with Gasteiger partial charge in [0.05, 0.1) is 18.6 Å². The molecule has 0 bridgehead atoms. The minimum Gasteiger partial charge on any atom is -0.378 e. The van der Waals surface area contributed by atoms with Gasteiger partial charge in [-0.15, -0.1) is 0 Å². The molecule has 2 unspecified atom stereocenters. The predicted octanol–water partition coefficient (Wildman–Crippen LogP) is 1.62. The predicted molar refractivity (Wildman–Crippen MR) is 133 cm³/mol. The number of hydrogen-bond acceptors (Lipinski definition) is 5. The first-order chi connectivity index (χ1) is 17.1. The van der Waals surface area contributed by atoms with E-state index in [2.05, 4.69) is 10.0 Å². The molecule has 36 heavy (non-hydrogen) atoms. The van der Waals surface area contributed by atoms with Crippen LogP contribution in [-0.2, 0) is 24.5 Å². The van der Waals surface area contributed by atoms with Crippen LogP contribution in [0.1, 0.15) is 50.0 Å². The van der Waals surface area contributed by atoms with Gasteiger partial charge in [0.15, 0.2) is 0 Å². The van der Waals surface area contributed by atoms with Crippen LogP contribution >= 0.6 is 0 Å². The number of ether oxygens (including phenoxy) is 1. The van der Waals surface area contributed by atoms with E-state index in [1.807, 2.05) is 6.07 Å². The summed E-state index contributed by atoms with van der Waals surface area (Å²) in [6.07, 6.45) is 4.23. The highest BCUT2D eigenvalue weighted by atomic mass is 32.2. The molecular formula is C25H37FN4O5S. The van der Waals surface area contributed by atoms with Gasteiger partial charge in [-0.2, -0.15) is 17.4 Å². The van der Waals surface area contributed by atoms with Gasteiger partial charge in [0, 0.05) is 52.1 Å². The van der Waals surface area contributed by atoms with Gasteiger partial charge >= 0.3 is 0 Å². The van der Waals surface area contributed by atoms with Crippen LogP contribution in [0.4, 0.5) is 4.39 Å². The molecule has 9 nitrogen and oxygen atoms in total. The molecule has 2 amide bonds. The zero-order valence-electron chi connectivity index (χ0n) is 21.0. The lowest BCUT2D eigenvalue weighted by atomic mass is 9.82. The lowest BCUT2D eigenvalue weighted by Crippen LogP contribution is -2.56. The van der Waals surface area contributed by atoms with Gasteiger partial charge in [-0.3, -0.25) is 9.59 Å². The second kappa shape index (κ2) is 11.5. The number of hydrogen-bond donors (Lipinski definition) is 2. The van der Waals surface area contributed by atoms with Crippen molar-refractivity contribution in [3.8, 4) is 0 Å². The van der Waals surface area contributed by atoms with Crippen molar-refractivity contribution in [3.63, 3.8) is 0 Å². The lowest BCUT2D eigenvalue weighted by molar-refractivity contribution is -0.138. The molecular weight excluding hydrogens is 487 g/mol. The number of nitrogens with zero attached hydrogens (tertiary/aromatic N) is 2. The number of piperidine rings is 1. The maximum absolute atomic E-state index is 13.6. The SMILES string of the molecule is CN(C)S(=O)(=O)N[C@H]1CCN(C(=O)C2CNC(=O)C2)CC1COC1CCC(c2cccc(F)c2)CC1. The normalized spacial score (nSPS) is 29.4. The fourth-order valence-corrected chi connectivity index (χ4v) is 6.38. The van der Waals surface area contributed by atoms with Crippen molar-refractivity contribution < 1.29 is 27.1 Å². The Balaban J connectivity index is 1.36. The Bertz CT molecular complexity index is 1040. The lowest BCUT2D eigenvalue weighted by Gasteiger charge is -2.40. The average Bonchev–Trinajstić information content (AvgIpc) is 3.29. The zero-order valence-corrected chi connectivity index (χ0v) is 21.8. The van der Waals surface area contributed by atoms with Crippen LogP contribution in [0.5, 0.6) is 0 Å². The van der Waals surface area contributed by atoms with Crippen molar-refractivity contribution in [2.75, 3.05) is 40.3 Å². The highest BCUT2D eigenvalue weighted by molar-refractivity contribution is 7.87. The van der Waals surface area contributed by atoms with Gasteiger partial charge in [-0.05, 0) is 55.7 Å². The summed E-state index contributed by atoms with van der Waals surface area (Å²) in [5.74, 6) is -0.661. The van der Waals surface area contributed by atoms with Crippen molar-refractivity contribution >= 4 is 22.0 Å². The Morgan fingerprint density at radius 3 is 2.61 bits per heavy atom. The second-order valence-corrected chi connectivity index (χ2v) is 12.3. The molecule has 4 rings (SSSR count). The van der Waals surface area contributed by atoms with Crippen LogP contribution in [0.2, 0.25) is 0 Å². The van der Waals surface area contributed by atoms with Gasteiger partial charge in [-0.1, -0.05) is 12.1 Å². The Morgan fingerprint density at radius 1 is 1.22 bits per heavy atom. The van der Waals surface area contributed by atoms with E-state index in [0.29, 0.717) is 38.6 Å². The van der Waals surface area contributed by atoms with E-state index in [4.69, 9.17) is 4.74 Å². The third-order valence-electron chi connectivity index (χ3n) is 7.69. The smallest absolute Gasteiger partial charge is 0.279 e. The van der Waals surface area contributed by atoms with Crippen molar-refractivity contribution in [3.05, 3.63) is 35.6 Å². The first-order valence-corrected chi connectivity index (χ1v) is 14.2. The first-order valence-electron chi connectivity index (χ1n) is 12.7. The molecule has 3 fully saturated rings. The summed E-state index contributed by atoms with van der Waals surface area (Å²) in [5.41, 5.74) is 1.02. The molecule has 3 atom stereocenters. The highest BCUT2D eigenvalue weighted by Crippen LogP contribution is 2.35. The Kier molecular flexibility index (Phi) is 8.64. The van der Waals surface area contributed by atoms with E-state index in [1.54, 1.807) is 17.0 Å². The minimum atomic E-state index is -3.64. The maximum Gasteiger partial charge on any atom is 0.279 e. The van der Waals surface area contributed by atoms with Gasteiger partial charge in [0.1, 0.15) is 5.82 Å². The van der Waals surface area contributed by atoms with Gasteiger partial charge in [0.25, 0.3) is 10.2 Å². The van der Waals surface area contributed by atoms with E-state index in [0.717, 1.165) is 35.6 Å². The summed E-state index contributed by atoms with van der Waals surface area (Å²) in [6, 6.07) is 6.42. The van der Waals surface area contributed by atoms with E-state index in [-0.39, 0.29) is 48.0 Å². The fraction of sp³-hybridized carbons (Fsp3) is 0.680. The summed E-state index contributed by atoms with van der Waals surface area (Å²) < 4.78 is 48.9. The van der Waals surface area contributed by atoms with Gasteiger partial charge < -0.3 is 15.0 Å². The highest BCUT2D eigenvalue weighted by Gasteiger charge is 2.38. The summed E-state index contributed by atoms with van der Waals surface area (Å²) in [5, 5.41) is 2.71. The molecule has 1 saturated carbocycles. The quantitative estimate of drug-likeness (QED) is 0.537. The standard InChI is InChI=1S/C25H37FN4O5S/c1-29(2)36(33,34)28-23-10-11-30(25(32)19-13-24(31)27-14-19)15-20(23)16-35-22-8-6-17(7-9-22)18-4-3-5-21(26)12-18/h3-5,12,17,19-20,22-23,28H,6-11,13-16H2,1-2H3,(H,27,31)/t17?,19?,20?,22?,23-/m0/s1. The number of amides is 2. The summed E-state index contributed by atoms with van der Waals surface area (Å²) >= 11 is 0. The molecule has 200 valence electrons. The van der Waals surface area contributed by atoms with Crippen LogP contribution in [0.15, 0.2) is 24.3 Å². The number of carbonyl (C=O) groups excluding carboxylic acids is 2. The van der Waals surface area contributed by atoms with E-state index in [1.165, 1.54) is 20.2 Å². The Hall–Kier alpha value is -2.08. The third kappa shape index (κ3) is 6.62. The molecule has 0 radical (unpaired) electrons. The number of rotatable bonds is 8. The van der Waals surface area contributed by atoms with E-state index >= 15 is 0 Å². The van der Waals surface area contributed by atoms with E-state index in [9.17, 15) is 22.4 Å². The molecule has 1 aromatic carbocycles. The Morgan fingerprint density at radius 2 is 1.97 bits per heavy atom.